The maximum Gasteiger partial charge on any atom is 2.00 e. The SMILES string of the molecule is OP(O)(O)=S.OP(O)(O)=S.[CH2-]C(CC)CCCC.[CH2-]C(CC)CCCC.[Mo+2]. The van der Waals surface area contributed by atoms with Gasteiger partial charge in [-0.05, 0) is 23.6 Å². The van der Waals surface area contributed by atoms with Gasteiger partial charge in [0.25, 0.3) is 0 Å². The predicted octanol–water partition coefficient (Wildman–Crippen LogP) is 4.45. The molecular weight excluding hydrogens is 510 g/mol. The molecular formula is C16H40MoO6P2S2. The molecule has 27 heavy (non-hydrogen) atoms. The summed E-state index contributed by atoms with van der Waals surface area (Å²) < 4.78 is 0. The van der Waals surface area contributed by atoms with Crippen molar-refractivity contribution < 1.29 is 50.4 Å². The zero-order chi connectivity index (χ0) is 21.8. The van der Waals surface area contributed by atoms with E-state index in [1.165, 1.54) is 51.4 Å². The summed E-state index contributed by atoms with van der Waals surface area (Å²) in [6.07, 6.45) is 10.4. The quantitative estimate of drug-likeness (QED) is 0.149. The Labute approximate surface area is 191 Å². The van der Waals surface area contributed by atoms with Crippen molar-refractivity contribution >= 4 is 37.1 Å². The third-order valence-electron chi connectivity index (χ3n) is 3.09. The molecule has 0 rings (SSSR count). The molecule has 0 saturated heterocycles. The second kappa shape index (κ2) is 25.8. The topological polar surface area (TPSA) is 121 Å². The van der Waals surface area contributed by atoms with Crippen LogP contribution >= 0.6 is 13.4 Å². The molecule has 168 valence electrons. The predicted molar refractivity (Wildman–Crippen MR) is 119 cm³/mol. The van der Waals surface area contributed by atoms with Gasteiger partial charge in [-0.3, -0.25) is 0 Å². The van der Waals surface area contributed by atoms with Gasteiger partial charge in [-0.1, -0.05) is 79.1 Å². The van der Waals surface area contributed by atoms with E-state index in [1.54, 1.807) is 0 Å². The fourth-order valence-corrected chi connectivity index (χ4v) is 1.39. The average molecular weight is 551 g/mol. The van der Waals surface area contributed by atoms with Crippen LogP contribution in [0.3, 0.4) is 0 Å². The van der Waals surface area contributed by atoms with Crippen LogP contribution in [-0.2, 0) is 44.7 Å². The molecule has 0 spiro atoms. The van der Waals surface area contributed by atoms with Crippen molar-refractivity contribution in [1.82, 2.24) is 0 Å². The Morgan fingerprint density at radius 3 is 0.963 bits per heavy atom. The monoisotopic (exact) mass is 552 g/mol. The smallest absolute Gasteiger partial charge is 0.340 e. The van der Waals surface area contributed by atoms with Crippen LogP contribution in [0.2, 0.25) is 0 Å². The molecule has 0 fully saturated rings. The normalized spacial score (nSPS) is 12.6. The zero-order valence-electron chi connectivity index (χ0n) is 17.0. The Morgan fingerprint density at radius 2 is 0.852 bits per heavy atom. The van der Waals surface area contributed by atoms with Gasteiger partial charge in [-0.15, -0.1) is 0 Å². The molecule has 0 heterocycles. The van der Waals surface area contributed by atoms with Crippen LogP contribution in [0, 0.1) is 25.7 Å². The Bertz CT molecular complexity index is 316. The van der Waals surface area contributed by atoms with E-state index in [0.29, 0.717) is 11.8 Å². The fraction of sp³-hybridized carbons (Fsp3) is 0.875. The van der Waals surface area contributed by atoms with Crippen LogP contribution in [0.4, 0.5) is 0 Å². The van der Waals surface area contributed by atoms with E-state index in [4.69, 9.17) is 29.4 Å². The van der Waals surface area contributed by atoms with Crippen molar-refractivity contribution in [3.8, 4) is 0 Å². The average Bonchev–Trinajstić information content (AvgIpc) is 2.47. The summed E-state index contributed by atoms with van der Waals surface area (Å²) in [7, 11) is 0. The summed E-state index contributed by atoms with van der Waals surface area (Å²) in [6.45, 7) is 9.23. The van der Waals surface area contributed by atoms with Crippen LogP contribution in [-0.4, -0.2) is 29.4 Å². The minimum Gasteiger partial charge on any atom is -0.340 e. The fourth-order valence-electron chi connectivity index (χ4n) is 1.39. The number of rotatable bonds is 8. The maximum atomic E-state index is 7.56. The van der Waals surface area contributed by atoms with E-state index < -0.39 is 13.4 Å². The first-order valence-electron chi connectivity index (χ1n) is 8.84. The maximum absolute atomic E-state index is 7.56. The zero-order valence-corrected chi connectivity index (χ0v) is 22.5. The number of unbranched alkanes of at least 4 members (excludes halogenated alkanes) is 2. The molecule has 0 aromatic heterocycles. The van der Waals surface area contributed by atoms with E-state index >= 15 is 0 Å². The van der Waals surface area contributed by atoms with Crippen molar-refractivity contribution in [2.75, 3.05) is 0 Å². The molecule has 0 aliphatic rings. The molecule has 0 amide bonds. The Balaban J connectivity index is -0.0000000807. The van der Waals surface area contributed by atoms with Crippen molar-refractivity contribution in [2.45, 2.75) is 79.1 Å². The number of hydrogen-bond donors (Lipinski definition) is 6. The van der Waals surface area contributed by atoms with Gasteiger partial charge >= 0.3 is 34.5 Å². The summed E-state index contributed by atoms with van der Waals surface area (Å²) in [6, 6.07) is 0. The first-order chi connectivity index (χ1) is 11.6. The van der Waals surface area contributed by atoms with Gasteiger partial charge in [0.2, 0.25) is 0 Å². The second-order valence-corrected chi connectivity index (χ2v) is 10.9. The van der Waals surface area contributed by atoms with Gasteiger partial charge in [0.1, 0.15) is 0 Å². The van der Waals surface area contributed by atoms with Gasteiger partial charge in [-0.25, -0.2) is 0 Å². The first-order valence-corrected chi connectivity index (χ1v) is 14.2. The van der Waals surface area contributed by atoms with Crippen LogP contribution in [0.15, 0.2) is 0 Å². The second-order valence-electron chi connectivity index (χ2n) is 5.86. The van der Waals surface area contributed by atoms with Crippen LogP contribution in [0.25, 0.3) is 0 Å². The third-order valence-corrected chi connectivity index (χ3v) is 3.09. The largest absolute Gasteiger partial charge is 2.00 e. The van der Waals surface area contributed by atoms with E-state index in [9.17, 15) is 0 Å². The molecule has 0 bridgehead atoms. The molecule has 2 atom stereocenters. The van der Waals surface area contributed by atoms with E-state index in [0.717, 1.165) is 0 Å². The first kappa shape index (κ1) is 39.2. The van der Waals surface area contributed by atoms with Gasteiger partial charge in [0.15, 0.2) is 0 Å². The van der Waals surface area contributed by atoms with Crippen molar-refractivity contribution in [3.63, 3.8) is 0 Å². The molecule has 0 aromatic carbocycles. The van der Waals surface area contributed by atoms with Crippen molar-refractivity contribution in [2.24, 2.45) is 11.8 Å². The standard InChI is InChI=1S/2C8H17.Mo.2H3O3PS/c2*1-4-6-7-8(3)5-2;;2*1-4(2,3)5/h2*8H,3-7H2,1-2H3;;2*(H3,1,2,3,5)/q2*-1;+2;;. The van der Waals surface area contributed by atoms with Gasteiger partial charge in [0.05, 0.1) is 0 Å². The third kappa shape index (κ3) is 97.3. The molecule has 6 nitrogen and oxygen atoms in total. The summed E-state index contributed by atoms with van der Waals surface area (Å²) in [5.41, 5.74) is 0. The van der Waals surface area contributed by atoms with E-state index in [1.807, 2.05) is 0 Å². The van der Waals surface area contributed by atoms with E-state index in [-0.39, 0.29) is 21.1 Å². The van der Waals surface area contributed by atoms with E-state index in [2.05, 4.69) is 65.2 Å². The van der Waals surface area contributed by atoms with Crippen LogP contribution in [0.5, 0.6) is 0 Å². The molecule has 2 unspecified atom stereocenters. The Kier molecular flexibility index (Phi) is 37.5. The molecule has 11 heteroatoms. The van der Waals surface area contributed by atoms with Crippen molar-refractivity contribution in [3.05, 3.63) is 13.8 Å². The molecule has 6 N–H and O–H groups in total. The van der Waals surface area contributed by atoms with Gasteiger partial charge in [0, 0.05) is 0 Å². The summed E-state index contributed by atoms with van der Waals surface area (Å²) in [4.78, 5) is 45.3. The minimum atomic E-state index is -3.81. The summed E-state index contributed by atoms with van der Waals surface area (Å²) in [5, 5.41) is 0. The van der Waals surface area contributed by atoms with Crippen LogP contribution in [0.1, 0.15) is 79.1 Å². The molecule has 0 aromatic rings. The summed E-state index contributed by atoms with van der Waals surface area (Å²) in [5.74, 6) is 1.41. The van der Waals surface area contributed by atoms with Gasteiger partial charge in [-0.2, -0.15) is 11.8 Å². The summed E-state index contributed by atoms with van der Waals surface area (Å²) >= 11 is 7.21. The molecule has 0 aliphatic carbocycles. The van der Waals surface area contributed by atoms with Gasteiger partial charge < -0.3 is 43.2 Å². The Hall–Kier alpha value is 1.75. The molecule has 0 radical (unpaired) electrons. The molecule has 0 saturated carbocycles. The minimum absolute atomic E-state index is 0. The molecule has 0 aliphatic heterocycles. The van der Waals surface area contributed by atoms with Crippen LogP contribution < -0.4 is 0 Å². The Morgan fingerprint density at radius 1 is 0.667 bits per heavy atom. The van der Waals surface area contributed by atoms with Crippen molar-refractivity contribution in [1.29, 1.82) is 0 Å². The number of hydrogen-bond acceptors (Lipinski definition) is 2.